The molecule has 0 saturated heterocycles. The van der Waals surface area contributed by atoms with E-state index < -0.39 is 0 Å². The first-order chi connectivity index (χ1) is 13.6. The highest BCUT2D eigenvalue weighted by Gasteiger charge is 2.16. The monoisotopic (exact) mass is 485 g/mol. The highest BCUT2D eigenvalue weighted by Crippen LogP contribution is 2.25. The molecule has 0 radical (unpaired) electrons. The second-order valence-electron chi connectivity index (χ2n) is 6.81. The van der Waals surface area contributed by atoms with Crippen molar-refractivity contribution in [2.45, 2.75) is 32.7 Å². The van der Waals surface area contributed by atoms with E-state index in [4.69, 9.17) is 0 Å². The molecule has 0 saturated carbocycles. The summed E-state index contributed by atoms with van der Waals surface area (Å²) in [4.78, 5) is 14.7. The standard InChI is InChI=1S/C24H24INO2/c1-2-3-7-24(28)26(22-6-4-5-21(25)16-22)17-18-8-10-19(11-9-18)20-12-14-23(27)15-13-20/h4-6,8-16,27H,2-3,7,17H2,1H3. The number of benzene rings is 3. The fraction of sp³-hybridized carbons (Fsp3) is 0.208. The maximum absolute atomic E-state index is 12.8. The number of nitrogens with zero attached hydrogens (tertiary/aromatic N) is 1. The van der Waals surface area contributed by atoms with Crippen molar-refractivity contribution in [2.75, 3.05) is 4.90 Å². The van der Waals surface area contributed by atoms with Crippen LogP contribution in [0.25, 0.3) is 11.1 Å². The summed E-state index contributed by atoms with van der Waals surface area (Å²) in [5.74, 6) is 0.422. The van der Waals surface area contributed by atoms with Gasteiger partial charge in [0.1, 0.15) is 5.75 Å². The molecule has 3 nitrogen and oxygen atoms in total. The van der Waals surface area contributed by atoms with Gasteiger partial charge in [0.2, 0.25) is 5.91 Å². The Morgan fingerprint density at radius 1 is 0.964 bits per heavy atom. The zero-order chi connectivity index (χ0) is 19.9. The molecule has 28 heavy (non-hydrogen) atoms. The number of unbranched alkanes of at least 4 members (excludes halogenated alkanes) is 1. The zero-order valence-corrected chi connectivity index (χ0v) is 18.1. The van der Waals surface area contributed by atoms with Crippen LogP contribution >= 0.6 is 22.6 Å². The van der Waals surface area contributed by atoms with E-state index in [1.165, 1.54) is 0 Å². The van der Waals surface area contributed by atoms with Crippen molar-refractivity contribution < 1.29 is 9.90 Å². The molecule has 4 heteroatoms. The molecule has 0 atom stereocenters. The Labute approximate surface area is 180 Å². The van der Waals surface area contributed by atoms with Crippen molar-refractivity contribution in [3.63, 3.8) is 0 Å². The van der Waals surface area contributed by atoms with Gasteiger partial charge in [0.25, 0.3) is 0 Å². The van der Waals surface area contributed by atoms with E-state index in [1.54, 1.807) is 12.1 Å². The Kier molecular flexibility index (Phi) is 7.09. The summed E-state index contributed by atoms with van der Waals surface area (Å²) >= 11 is 2.28. The van der Waals surface area contributed by atoms with Crippen molar-refractivity contribution in [1.29, 1.82) is 0 Å². The van der Waals surface area contributed by atoms with Crippen LogP contribution in [0.5, 0.6) is 5.75 Å². The fourth-order valence-electron chi connectivity index (χ4n) is 3.07. The SMILES string of the molecule is CCCCC(=O)N(Cc1ccc(-c2ccc(O)cc2)cc1)c1cccc(I)c1. The third-order valence-electron chi connectivity index (χ3n) is 4.66. The average Bonchev–Trinajstić information content (AvgIpc) is 2.71. The number of amides is 1. The van der Waals surface area contributed by atoms with E-state index >= 15 is 0 Å². The molecule has 0 heterocycles. The molecule has 0 spiro atoms. The number of phenols is 1. The van der Waals surface area contributed by atoms with E-state index in [1.807, 2.05) is 35.2 Å². The molecule has 0 aliphatic rings. The predicted molar refractivity (Wildman–Crippen MR) is 123 cm³/mol. The van der Waals surface area contributed by atoms with Crippen LogP contribution in [0.2, 0.25) is 0 Å². The van der Waals surface area contributed by atoms with Gasteiger partial charge in [0.05, 0.1) is 6.54 Å². The van der Waals surface area contributed by atoms with Gasteiger partial charge in [-0.25, -0.2) is 0 Å². The lowest BCUT2D eigenvalue weighted by atomic mass is 10.0. The molecule has 3 aromatic carbocycles. The van der Waals surface area contributed by atoms with Gasteiger partial charge in [0, 0.05) is 15.7 Å². The van der Waals surface area contributed by atoms with E-state index in [0.717, 1.165) is 38.8 Å². The molecule has 3 rings (SSSR count). The number of carbonyl (C=O) groups is 1. The smallest absolute Gasteiger partial charge is 0.227 e. The molecule has 144 valence electrons. The predicted octanol–water partition coefficient (Wildman–Crippen LogP) is 6.39. The fourth-order valence-corrected chi connectivity index (χ4v) is 3.60. The third-order valence-corrected chi connectivity index (χ3v) is 5.33. The first kappa shape index (κ1) is 20.4. The molecular formula is C24H24INO2. The summed E-state index contributed by atoms with van der Waals surface area (Å²) in [6.07, 6.45) is 2.47. The number of carbonyl (C=O) groups excluding carboxylic acids is 1. The van der Waals surface area contributed by atoms with Gasteiger partial charge in [-0.3, -0.25) is 4.79 Å². The van der Waals surface area contributed by atoms with Gasteiger partial charge >= 0.3 is 0 Å². The summed E-state index contributed by atoms with van der Waals surface area (Å²) in [6, 6.07) is 23.5. The van der Waals surface area contributed by atoms with Crippen molar-refractivity contribution in [2.24, 2.45) is 0 Å². The number of anilines is 1. The Hall–Kier alpha value is -2.34. The highest BCUT2D eigenvalue weighted by molar-refractivity contribution is 14.1. The number of hydrogen-bond donors (Lipinski definition) is 1. The normalized spacial score (nSPS) is 10.6. The Morgan fingerprint density at radius 2 is 1.61 bits per heavy atom. The minimum atomic E-state index is 0.159. The largest absolute Gasteiger partial charge is 0.508 e. The van der Waals surface area contributed by atoms with Crippen molar-refractivity contribution >= 4 is 34.2 Å². The minimum absolute atomic E-state index is 0.159. The molecule has 0 aliphatic carbocycles. The van der Waals surface area contributed by atoms with Crippen molar-refractivity contribution in [1.82, 2.24) is 0 Å². The second-order valence-corrected chi connectivity index (χ2v) is 8.05. The second kappa shape index (κ2) is 9.73. The minimum Gasteiger partial charge on any atom is -0.508 e. The highest BCUT2D eigenvalue weighted by atomic mass is 127. The van der Waals surface area contributed by atoms with Crippen LogP contribution in [0.3, 0.4) is 0 Å². The molecule has 1 N–H and O–H groups in total. The van der Waals surface area contributed by atoms with Gasteiger partial charge < -0.3 is 10.0 Å². The van der Waals surface area contributed by atoms with Gasteiger partial charge in [-0.2, -0.15) is 0 Å². The zero-order valence-electron chi connectivity index (χ0n) is 15.9. The molecule has 0 fully saturated rings. The van der Waals surface area contributed by atoms with Crippen molar-refractivity contribution in [3.05, 3.63) is 81.9 Å². The number of aromatic hydroxyl groups is 1. The lowest BCUT2D eigenvalue weighted by molar-refractivity contribution is -0.118. The Bertz CT molecular complexity index is 920. The molecule has 0 bridgehead atoms. The van der Waals surface area contributed by atoms with Crippen LogP contribution in [0.1, 0.15) is 31.7 Å². The summed E-state index contributed by atoms with van der Waals surface area (Å²) < 4.78 is 1.12. The number of rotatable bonds is 7. The first-order valence-corrected chi connectivity index (χ1v) is 10.6. The Balaban J connectivity index is 1.81. The summed E-state index contributed by atoms with van der Waals surface area (Å²) in [6.45, 7) is 2.66. The maximum Gasteiger partial charge on any atom is 0.227 e. The topological polar surface area (TPSA) is 40.5 Å². The van der Waals surface area contributed by atoms with Gasteiger partial charge in [-0.05, 0) is 76.0 Å². The van der Waals surface area contributed by atoms with E-state index in [2.05, 4.69) is 59.8 Å². The van der Waals surface area contributed by atoms with Gasteiger partial charge in [-0.15, -0.1) is 0 Å². The maximum atomic E-state index is 12.8. The molecule has 0 aliphatic heterocycles. The van der Waals surface area contributed by atoms with Crippen LogP contribution in [-0.4, -0.2) is 11.0 Å². The van der Waals surface area contributed by atoms with Crippen LogP contribution in [0, 0.1) is 3.57 Å². The average molecular weight is 485 g/mol. The summed E-state index contributed by atoms with van der Waals surface area (Å²) in [7, 11) is 0. The van der Waals surface area contributed by atoms with E-state index in [0.29, 0.717) is 13.0 Å². The third kappa shape index (κ3) is 5.35. The Morgan fingerprint density at radius 3 is 2.21 bits per heavy atom. The quantitative estimate of drug-likeness (QED) is 0.394. The summed E-state index contributed by atoms with van der Waals surface area (Å²) in [5.41, 5.74) is 4.17. The van der Waals surface area contributed by atoms with Gasteiger partial charge in [0.15, 0.2) is 0 Å². The van der Waals surface area contributed by atoms with E-state index in [9.17, 15) is 9.90 Å². The van der Waals surface area contributed by atoms with Gasteiger partial charge in [-0.1, -0.05) is 55.8 Å². The number of halogens is 1. The number of hydrogen-bond acceptors (Lipinski definition) is 2. The lowest BCUT2D eigenvalue weighted by Crippen LogP contribution is -2.30. The number of phenolic OH excluding ortho intramolecular Hbond substituents is 1. The first-order valence-electron chi connectivity index (χ1n) is 9.51. The van der Waals surface area contributed by atoms with Crippen LogP contribution in [0.15, 0.2) is 72.8 Å². The van der Waals surface area contributed by atoms with Crippen LogP contribution in [0.4, 0.5) is 5.69 Å². The van der Waals surface area contributed by atoms with Crippen LogP contribution < -0.4 is 4.90 Å². The molecular weight excluding hydrogens is 461 g/mol. The lowest BCUT2D eigenvalue weighted by Gasteiger charge is -2.23. The molecule has 3 aromatic rings. The van der Waals surface area contributed by atoms with E-state index in [-0.39, 0.29) is 11.7 Å². The molecule has 0 aromatic heterocycles. The molecule has 1 amide bonds. The van der Waals surface area contributed by atoms with Crippen LogP contribution in [-0.2, 0) is 11.3 Å². The van der Waals surface area contributed by atoms with Crippen molar-refractivity contribution in [3.8, 4) is 16.9 Å². The molecule has 0 unspecified atom stereocenters. The summed E-state index contributed by atoms with van der Waals surface area (Å²) in [5, 5.41) is 9.45.